The van der Waals surface area contributed by atoms with Crippen LogP contribution in [0.4, 0.5) is 26.3 Å². The Morgan fingerprint density at radius 2 is 1.81 bits per heavy atom. The molecule has 1 rings (SSSR count). The standard InChI is InChI=1S/C13H15F6NO/c1-2-11(8-21-13(17,18)19)20-7-9-4-3-5-10(6-9)12(14,15)16/h3-6,11,20H,2,7-8H2,1H3. The molecule has 0 spiro atoms. The van der Waals surface area contributed by atoms with E-state index in [9.17, 15) is 26.3 Å². The molecule has 120 valence electrons. The minimum atomic E-state index is -4.72. The lowest BCUT2D eigenvalue weighted by atomic mass is 10.1. The van der Waals surface area contributed by atoms with Crippen LogP contribution >= 0.6 is 0 Å². The Hall–Kier alpha value is -1.28. The van der Waals surface area contributed by atoms with Gasteiger partial charge < -0.3 is 5.32 Å². The number of ether oxygens (including phenoxy) is 1. The summed E-state index contributed by atoms with van der Waals surface area (Å²) < 4.78 is 77.0. The van der Waals surface area contributed by atoms with Crippen molar-refractivity contribution < 1.29 is 31.1 Å². The number of rotatable bonds is 6. The molecule has 1 N–H and O–H groups in total. The maximum Gasteiger partial charge on any atom is 0.522 e. The van der Waals surface area contributed by atoms with Crippen molar-refractivity contribution >= 4 is 0 Å². The minimum absolute atomic E-state index is 0.0314. The highest BCUT2D eigenvalue weighted by Crippen LogP contribution is 2.29. The molecule has 0 saturated heterocycles. The fourth-order valence-electron chi connectivity index (χ4n) is 1.64. The SMILES string of the molecule is CCC(COC(F)(F)F)NCc1cccc(C(F)(F)F)c1. The van der Waals surface area contributed by atoms with Crippen molar-refractivity contribution in [2.45, 2.75) is 38.5 Å². The molecular weight excluding hydrogens is 300 g/mol. The highest BCUT2D eigenvalue weighted by molar-refractivity contribution is 5.25. The second kappa shape index (κ2) is 7.13. The van der Waals surface area contributed by atoms with E-state index in [2.05, 4.69) is 10.1 Å². The van der Waals surface area contributed by atoms with Gasteiger partial charge in [-0.25, -0.2) is 0 Å². The van der Waals surface area contributed by atoms with Gasteiger partial charge in [0, 0.05) is 12.6 Å². The molecule has 0 fully saturated rings. The average molecular weight is 315 g/mol. The van der Waals surface area contributed by atoms with E-state index in [0.717, 1.165) is 12.1 Å². The van der Waals surface area contributed by atoms with Crippen LogP contribution in [-0.2, 0) is 17.5 Å². The second-order valence-corrected chi connectivity index (χ2v) is 4.44. The van der Waals surface area contributed by atoms with Crippen molar-refractivity contribution in [3.05, 3.63) is 35.4 Å². The van der Waals surface area contributed by atoms with E-state index >= 15 is 0 Å². The Labute approximate surface area is 118 Å². The highest BCUT2D eigenvalue weighted by Gasteiger charge is 2.31. The molecule has 0 aromatic heterocycles. The van der Waals surface area contributed by atoms with Crippen LogP contribution in [0.15, 0.2) is 24.3 Å². The van der Waals surface area contributed by atoms with Gasteiger partial charge in [0.25, 0.3) is 0 Å². The van der Waals surface area contributed by atoms with Crippen molar-refractivity contribution in [1.82, 2.24) is 5.32 Å². The van der Waals surface area contributed by atoms with Gasteiger partial charge in [-0.1, -0.05) is 25.1 Å². The zero-order valence-electron chi connectivity index (χ0n) is 11.2. The molecule has 1 aromatic rings. The fourth-order valence-corrected chi connectivity index (χ4v) is 1.64. The third kappa shape index (κ3) is 6.81. The molecule has 1 aromatic carbocycles. The Bertz CT molecular complexity index is 443. The molecule has 0 aliphatic rings. The molecule has 0 saturated carbocycles. The first-order chi connectivity index (χ1) is 9.62. The van der Waals surface area contributed by atoms with E-state index in [1.165, 1.54) is 12.1 Å². The topological polar surface area (TPSA) is 21.3 Å². The molecule has 0 amide bonds. The van der Waals surface area contributed by atoms with Crippen LogP contribution in [0.3, 0.4) is 0 Å². The largest absolute Gasteiger partial charge is 0.522 e. The van der Waals surface area contributed by atoms with Gasteiger partial charge in [-0.15, -0.1) is 13.2 Å². The Kier molecular flexibility index (Phi) is 6.03. The number of halogens is 6. The number of alkyl halides is 6. The van der Waals surface area contributed by atoms with E-state index in [0.29, 0.717) is 12.0 Å². The summed E-state index contributed by atoms with van der Waals surface area (Å²) >= 11 is 0. The smallest absolute Gasteiger partial charge is 0.308 e. The Morgan fingerprint density at radius 1 is 1.14 bits per heavy atom. The maximum atomic E-state index is 12.5. The molecule has 0 heterocycles. The van der Waals surface area contributed by atoms with Gasteiger partial charge in [0.05, 0.1) is 12.2 Å². The summed E-state index contributed by atoms with van der Waals surface area (Å²) in [6.07, 6.45) is -8.81. The average Bonchev–Trinajstić information content (AvgIpc) is 2.37. The molecule has 0 aliphatic carbocycles. The number of hydrogen-bond acceptors (Lipinski definition) is 2. The van der Waals surface area contributed by atoms with Crippen LogP contribution in [0.2, 0.25) is 0 Å². The molecule has 2 nitrogen and oxygen atoms in total. The van der Waals surface area contributed by atoms with Crippen LogP contribution in [-0.4, -0.2) is 19.0 Å². The Balaban J connectivity index is 2.57. The van der Waals surface area contributed by atoms with Gasteiger partial charge >= 0.3 is 12.5 Å². The number of nitrogens with one attached hydrogen (secondary N) is 1. The van der Waals surface area contributed by atoms with Crippen molar-refractivity contribution in [1.29, 1.82) is 0 Å². The lowest BCUT2D eigenvalue weighted by Gasteiger charge is -2.18. The number of benzene rings is 1. The molecular formula is C13H15F6NO. The van der Waals surface area contributed by atoms with Gasteiger partial charge in [0.1, 0.15) is 0 Å². The predicted molar refractivity (Wildman–Crippen MR) is 64.4 cm³/mol. The third-order valence-electron chi connectivity index (χ3n) is 2.79. The fraction of sp³-hybridized carbons (Fsp3) is 0.538. The van der Waals surface area contributed by atoms with Crippen LogP contribution in [0, 0.1) is 0 Å². The summed E-state index contributed by atoms with van der Waals surface area (Å²) in [5, 5.41) is 2.74. The van der Waals surface area contributed by atoms with Crippen molar-refractivity contribution in [3.8, 4) is 0 Å². The van der Waals surface area contributed by atoms with Gasteiger partial charge in [-0.05, 0) is 18.1 Å². The first-order valence-electron chi connectivity index (χ1n) is 6.22. The second-order valence-electron chi connectivity index (χ2n) is 4.44. The summed E-state index contributed by atoms with van der Waals surface area (Å²) in [4.78, 5) is 0. The summed E-state index contributed by atoms with van der Waals surface area (Å²) in [6, 6.07) is 4.03. The molecule has 0 radical (unpaired) electrons. The first kappa shape index (κ1) is 17.8. The van der Waals surface area contributed by atoms with Crippen LogP contribution < -0.4 is 5.32 Å². The molecule has 0 aliphatic heterocycles. The Morgan fingerprint density at radius 3 is 2.33 bits per heavy atom. The molecule has 0 bridgehead atoms. The zero-order chi connectivity index (χ0) is 16.1. The lowest BCUT2D eigenvalue weighted by Crippen LogP contribution is -2.34. The molecule has 8 heteroatoms. The highest BCUT2D eigenvalue weighted by atomic mass is 19.4. The molecule has 1 atom stereocenters. The van der Waals surface area contributed by atoms with E-state index in [4.69, 9.17) is 0 Å². The van der Waals surface area contributed by atoms with Gasteiger partial charge in [-0.2, -0.15) is 13.2 Å². The van der Waals surface area contributed by atoms with E-state index in [-0.39, 0.29) is 6.54 Å². The maximum absolute atomic E-state index is 12.5. The third-order valence-corrected chi connectivity index (χ3v) is 2.79. The predicted octanol–water partition coefficient (Wildman–Crippen LogP) is 4.11. The van der Waals surface area contributed by atoms with Crippen molar-refractivity contribution in [2.24, 2.45) is 0 Å². The van der Waals surface area contributed by atoms with Crippen molar-refractivity contribution in [2.75, 3.05) is 6.61 Å². The minimum Gasteiger partial charge on any atom is -0.308 e. The number of hydrogen-bond donors (Lipinski definition) is 1. The summed E-state index contributed by atoms with van der Waals surface area (Å²) in [5.41, 5.74) is -0.448. The quantitative estimate of drug-likeness (QED) is 0.798. The monoisotopic (exact) mass is 315 g/mol. The van der Waals surface area contributed by atoms with Crippen LogP contribution in [0.25, 0.3) is 0 Å². The van der Waals surface area contributed by atoms with Gasteiger partial charge in [0.15, 0.2) is 0 Å². The van der Waals surface area contributed by atoms with E-state index in [1.54, 1.807) is 6.92 Å². The van der Waals surface area contributed by atoms with E-state index < -0.39 is 30.8 Å². The summed E-state index contributed by atoms with van der Waals surface area (Å²) in [5.74, 6) is 0. The first-order valence-corrected chi connectivity index (χ1v) is 6.22. The van der Waals surface area contributed by atoms with Gasteiger partial charge in [0.2, 0.25) is 0 Å². The van der Waals surface area contributed by atoms with E-state index in [1.807, 2.05) is 0 Å². The molecule has 21 heavy (non-hydrogen) atoms. The summed E-state index contributed by atoms with van der Waals surface area (Å²) in [7, 11) is 0. The van der Waals surface area contributed by atoms with Crippen LogP contribution in [0.1, 0.15) is 24.5 Å². The molecule has 1 unspecified atom stereocenters. The zero-order valence-corrected chi connectivity index (χ0v) is 11.2. The lowest BCUT2D eigenvalue weighted by molar-refractivity contribution is -0.326. The van der Waals surface area contributed by atoms with Crippen molar-refractivity contribution in [3.63, 3.8) is 0 Å². The van der Waals surface area contributed by atoms with Crippen LogP contribution in [0.5, 0.6) is 0 Å². The summed E-state index contributed by atoms with van der Waals surface area (Å²) in [6.45, 7) is 1.10. The normalized spacial score (nSPS) is 14.2. The van der Waals surface area contributed by atoms with Gasteiger partial charge in [-0.3, -0.25) is 4.74 Å².